The molecule has 3 saturated heterocycles. The Morgan fingerprint density at radius 3 is 0.924 bits per heavy atom. The second-order valence-corrected chi connectivity index (χ2v) is 28.2. The molecule has 3 aliphatic rings. The summed E-state index contributed by atoms with van der Waals surface area (Å²) in [6.45, 7) is 5.84. The molecule has 19 N–H and O–H groups in total. The molecule has 3 aliphatic heterocycles. The Kier molecular flexibility index (Phi) is 49.5. The number of hydrogen-bond donors (Lipinski definition) is 19. The molecule has 105 heavy (non-hydrogen) atoms. The molecule has 0 aliphatic carbocycles. The summed E-state index contributed by atoms with van der Waals surface area (Å²) in [7, 11) is 0. The molecule has 3 fully saturated rings. The van der Waals surface area contributed by atoms with Gasteiger partial charge in [0.15, 0.2) is 24.6 Å². The minimum Gasteiger partial charge on any atom is -0.394 e. The van der Waals surface area contributed by atoms with Gasteiger partial charge in [-0.05, 0) is 82.5 Å². The first-order valence-corrected chi connectivity index (χ1v) is 37.7. The van der Waals surface area contributed by atoms with E-state index in [0.29, 0.717) is 69.6 Å². The summed E-state index contributed by atoms with van der Waals surface area (Å²) in [5.74, 6) is -2.06. The third-order valence-corrected chi connectivity index (χ3v) is 17.8. The molecule has 612 valence electrons. The molecular weight excluding hydrogens is 1390 g/mol. The number of amides is 7. The number of ether oxygens (including phenoxy) is 9. The average Bonchev–Trinajstić information content (AvgIpc) is 0.835. The monoisotopic (exact) mass is 1520 g/mol. The molecule has 15 atom stereocenters. The number of hydrogen-bond acceptors (Lipinski definition) is 28. The summed E-state index contributed by atoms with van der Waals surface area (Å²) in [5.41, 5.74) is -1.34. The summed E-state index contributed by atoms with van der Waals surface area (Å²) in [4.78, 5) is 90.4. The first kappa shape index (κ1) is 94.7. The molecule has 0 bridgehead atoms. The van der Waals surface area contributed by atoms with Crippen LogP contribution in [0.2, 0.25) is 0 Å². The Labute approximate surface area is 616 Å². The van der Waals surface area contributed by atoms with Crippen LogP contribution in [0.15, 0.2) is 0 Å². The fourth-order valence-corrected chi connectivity index (χ4v) is 11.4. The van der Waals surface area contributed by atoms with Crippen LogP contribution in [0.25, 0.3) is 0 Å². The van der Waals surface area contributed by atoms with E-state index >= 15 is 0 Å². The molecule has 7 amide bonds. The van der Waals surface area contributed by atoms with Crippen LogP contribution in [0.5, 0.6) is 0 Å². The van der Waals surface area contributed by atoms with Crippen LogP contribution in [-0.4, -0.2) is 312 Å². The Balaban J connectivity index is 1.52. The van der Waals surface area contributed by atoms with E-state index in [1.807, 2.05) is 0 Å². The third kappa shape index (κ3) is 40.6. The zero-order valence-electron chi connectivity index (χ0n) is 62.0. The van der Waals surface area contributed by atoms with Gasteiger partial charge in [-0.1, -0.05) is 65.7 Å². The predicted molar refractivity (Wildman–Crippen MR) is 375 cm³/mol. The Bertz CT molecular complexity index is 2170. The van der Waals surface area contributed by atoms with Crippen molar-refractivity contribution in [2.75, 3.05) is 112 Å². The first-order valence-electron chi connectivity index (χ1n) is 37.7. The summed E-state index contributed by atoms with van der Waals surface area (Å²) in [6.07, 6.45) is -7.28. The van der Waals surface area contributed by atoms with Crippen molar-refractivity contribution in [1.82, 2.24) is 37.2 Å². The number of carbonyl (C=O) groups excluding carboxylic acids is 7. The molecular formula is C70H129N7O28. The first-order chi connectivity index (χ1) is 50.2. The minimum atomic E-state index is -1.64. The number of nitrogens with one attached hydrogen (secondary N) is 7. The van der Waals surface area contributed by atoms with Crippen LogP contribution in [0.3, 0.4) is 0 Å². The fraction of sp³-hybridized carbons (Fsp3) is 0.900. The standard InChI is InChI=1S/C70H129N7O28/c1-69(2,3)29-14-9-7-5-4-6-8-10-25-56(87)77-70(45-97-40-27-54(85)75-34-20-31-72-51(82)23-12-16-37-100-67-64(95)61(92)58(89)48(43-79)104-67,46-98-41-28-55(86)76-35-21-32-73-52(83)24-13-17-38-101-68-65(96)62(93)59(90)49(44-80)105-68)102-39-18-26-53(84)74-33-19-30-71-50(81)22-11-15-36-99-66-63(94)60(91)57(88)47(42-78)103-66/h47-49,57-68,78-80,88-96H,4-46H2,1-3H3,(H,71,81)(H,72,82)(H,73,83)(H,74,84)(H,75,85)(H,76,86)(H,77,87)/t47?,48?,49?,57-,58-,59-,60?,61?,62?,63?,64?,65?,66+,67+,68+,70?/m1/s1. The zero-order chi connectivity index (χ0) is 77.4. The van der Waals surface area contributed by atoms with Crippen molar-refractivity contribution in [2.45, 2.75) is 286 Å². The van der Waals surface area contributed by atoms with Crippen LogP contribution in [0, 0.1) is 5.41 Å². The number of carbonyl (C=O) groups is 7. The van der Waals surface area contributed by atoms with Crippen LogP contribution in [0.4, 0.5) is 0 Å². The van der Waals surface area contributed by atoms with Crippen LogP contribution in [0.1, 0.15) is 188 Å². The third-order valence-electron chi connectivity index (χ3n) is 17.8. The molecule has 0 spiro atoms. The fourth-order valence-electron chi connectivity index (χ4n) is 11.4. The molecule has 35 heteroatoms. The Hall–Kier alpha value is -4.55. The maximum absolute atomic E-state index is 13.9. The highest BCUT2D eigenvalue weighted by Crippen LogP contribution is 2.27. The molecule has 3 rings (SSSR count). The number of unbranched alkanes of at least 4 members (excludes halogenated alkanes) is 10. The second kappa shape index (κ2) is 54.9. The molecule has 0 aromatic rings. The maximum Gasteiger partial charge on any atom is 0.222 e. The van der Waals surface area contributed by atoms with Gasteiger partial charge in [0.25, 0.3) is 0 Å². The van der Waals surface area contributed by atoms with Gasteiger partial charge in [-0.25, -0.2) is 0 Å². The van der Waals surface area contributed by atoms with E-state index in [-0.39, 0.29) is 185 Å². The van der Waals surface area contributed by atoms with Gasteiger partial charge < -0.3 is 141 Å². The lowest BCUT2D eigenvalue weighted by Gasteiger charge is -2.39. The molecule has 0 aromatic carbocycles. The van der Waals surface area contributed by atoms with Crippen molar-refractivity contribution in [2.24, 2.45) is 5.41 Å². The molecule has 35 nitrogen and oxygen atoms in total. The SMILES string of the molecule is CC(C)(C)CCCCCCCCCCC(=O)NC(COCCC(=O)NCCCNC(=O)CCCCO[C@H]1OC(CO)[C@@H](O)C(O)C1O)(COCCC(=O)NCCCNC(=O)CCCCO[C@H]1OC(CO)[C@@H](O)C(O)C1O)OCCCC(=O)NCCCNC(=O)CCCCO[C@H]1OC(CO)[C@@H](O)C(O)C1O. The van der Waals surface area contributed by atoms with E-state index in [4.69, 9.17) is 42.6 Å². The van der Waals surface area contributed by atoms with Crippen molar-refractivity contribution < 1.29 is 137 Å². The van der Waals surface area contributed by atoms with Crippen molar-refractivity contribution in [1.29, 1.82) is 0 Å². The van der Waals surface area contributed by atoms with E-state index in [9.17, 15) is 94.8 Å². The zero-order valence-corrected chi connectivity index (χ0v) is 62.0. The molecule has 3 heterocycles. The highest BCUT2D eigenvalue weighted by molar-refractivity contribution is 5.78. The average molecular weight is 1520 g/mol. The van der Waals surface area contributed by atoms with E-state index in [0.717, 1.165) is 32.1 Å². The van der Waals surface area contributed by atoms with Crippen molar-refractivity contribution in [3.8, 4) is 0 Å². The normalized spacial score (nSPS) is 25.4. The quantitative estimate of drug-likeness (QED) is 0.0216. The van der Waals surface area contributed by atoms with Gasteiger partial charge in [0.05, 0.1) is 52.9 Å². The van der Waals surface area contributed by atoms with Gasteiger partial charge >= 0.3 is 0 Å². The highest BCUT2D eigenvalue weighted by atomic mass is 16.7. The summed E-state index contributed by atoms with van der Waals surface area (Å²) in [5, 5.41) is 138. The van der Waals surface area contributed by atoms with Gasteiger partial charge in [-0.2, -0.15) is 0 Å². The van der Waals surface area contributed by atoms with E-state index in [1.54, 1.807) is 0 Å². The predicted octanol–water partition coefficient (Wildman–Crippen LogP) is -2.82. The molecule has 0 saturated carbocycles. The van der Waals surface area contributed by atoms with E-state index in [1.165, 1.54) is 19.3 Å². The number of rotatable bonds is 59. The number of aliphatic hydroxyl groups excluding tert-OH is 12. The van der Waals surface area contributed by atoms with Gasteiger partial charge in [0.1, 0.15) is 73.2 Å². The van der Waals surface area contributed by atoms with Crippen LogP contribution >= 0.6 is 0 Å². The van der Waals surface area contributed by atoms with Crippen molar-refractivity contribution in [3.63, 3.8) is 0 Å². The van der Waals surface area contributed by atoms with Gasteiger partial charge in [0.2, 0.25) is 41.4 Å². The highest BCUT2D eigenvalue weighted by Gasteiger charge is 2.46. The van der Waals surface area contributed by atoms with Crippen LogP contribution < -0.4 is 37.2 Å². The summed E-state index contributed by atoms with van der Waals surface area (Å²) >= 11 is 0. The summed E-state index contributed by atoms with van der Waals surface area (Å²) < 4.78 is 50.9. The van der Waals surface area contributed by atoms with E-state index < -0.39 is 118 Å². The second-order valence-electron chi connectivity index (χ2n) is 28.2. The van der Waals surface area contributed by atoms with Crippen LogP contribution in [-0.2, 0) is 76.2 Å². The topological polar surface area (TPSA) is 530 Å². The van der Waals surface area contributed by atoms with Crippen molar-refractivity contribution >= 4 is 41.4 Å². The molecule has 9 unspecified atom stereocenters. The molecule has 0 radical (unpaired) electrons. The number of aliphatic hydroxyl groups is 12. The molecule has 0 aromatic heterocycles. The largest absolute Gasteiger partial charge is 0.394 e. The van der Waals surface area contributed by atoms with E-state index in [2.05, 4.69) is 58.0 Å². The lowest BCUT2D eigenvalue weighted by Crippen LogP contribution is -2.59. The Morgan fingerprint density at radius 1 is 0.314 bits per heavy atom. The van der Waals surface area contributed by atoms with Gasteiger partial charge in [-0.15, -0.1) is 0 Å². The summed E-state index contributed by atoms with van der Waals surface area (Å²) in [6, 6.07) is 0. The lowest BCUT2D eigenvalue weighted by molar-refractivity contribution is -0.301. The van der Waals surface area contributed by atoms with Crippen molar-refractivity contribution in [3.05, 3.63) is 0 Å². The minimum absolute atomic E-state index is 0.0206. The van der Waals surface area contributed by atoms with Gasteiger partial charge in [-0.3, -0.25) is 33.6 Å². The smallest absolute Gasteiger partial charge is 0.222 e. The van der Waals surface area contributed by atoms with Gasteiger partial charge in [0, 0.05) is 104 Å². The maximum atomic E-state index is 13.9. The Morgan fingerprint density at radius 2 is 0.600 bits per heavy atom. The lowest BCUT2D eigenvalue weighted by atomic mass is 9.89.